The first-order valence-corrected chi connectivity index (χ1v) is 15.2. The first-order valence-electron chi connectivity index (χ1n) is 13.0. The fourth-order valence-electron chi connectivity index (χ4n) is 4.12. The molecule has 1 N–H and O–H groups in total. The van der Waals surface area contributed by atoms with Gasteiger partial charge >= 0.3 is 0 Å². The molecule has 0 heterocycles. The molecule has 7 nitrogen and oxygen atoms in total. The van der Waals surface area contributed by atoms with Gasteiger partial charge in [-0.1, -0.05) is 66.9 Å². The van der Waals surface area contributed by atoms with E-state index in [4.69, 9.17) is 23.2 Å². The minimum Gasteiger partial charge on any atom is -0.354 e. The van der Waals surface area contributed by atoms with Gasteiger partial charge in [-0.05, 0) is 80.3 Å². The lowest BCUT2D eigenvalue weighted by Crippen LogP contribution is -2.51. The van der Waals surface area contributed by atoms with Gasteiger partial charge in [0.2, 0.25) is 11.8 Å². The largest absolute Gasteiger partial charge is 0.354 e. The van der Waals surface area contributed by atoms with Crippen LogP contribution in [-0.2, 0) is 26.2 Å². The van der Waals surface area contributed by atoms with Crippen LogP contribution >= 0.6 is 23.2 Å². The summed E-state index contributed by atoms with van der Waals surface area (Å²) in [5.41, 5.74) is 2.51. The van der Waals surface area contributed by atoms with E-state index in [-0.39, 0.29) is 23.3 Å². The molecule has 0 bridgehead atoms. The molecule has 10 heteroatoms. The molecule has 40 heavy (non-hydrogen) atoms. The Labute approximate surface area is 247 Å². The van der Waals surface area contributed by atoms with Gasteiger partial charge in [0.1, 0.15) is 12.6 Å². The second kappa shape index (κ2) is 13.5. The van der Waals surface area contributed by atoms with Crippen LogP contribution in [0.1, 0.15) is 37.5 Å². The molecular formula is C30H35Cl2N3O4S. The van der Waals surface area contributed by atoms with E-state index >= 15 is 0 Å². The molecule has 3 rings (SSSR count). The summed E-state index contributed by atoms with van der Waals surface area (Å²) in [6.45, 7) is 9.15. The summed E-state index contributed by atoms with van der Waals surface area (Å²) in [5, 5.41) is 3.80. The fraction of sp³-hybridized carbons (Fsp3) is 0.333. The second-order valence-corrected chi connectivity index (χ2v) is 13.0. The van der Waals surface area contributed by atoms with Crippen molar-refractivity contribution in [3.05, 3.63) is 93.5 Å². The summed E-state index contributed by atoms with van der Waals surface area (Å²) in [6, 6.07) is 17.4. The van der Waals surface area contributed by atoms with Crippen LogP contribution in [-0.4, -0.2) is 44.3 Å². The van der Waals surface area contributed by atoms with Gasteiger partial charge in [-0.25, -0.2) is 8.42 Å². The van der Waals surface area contributed by atoms with E-state index in [1.165, 1.54) is 17.0 Å². The number of aryl methyl sites for hydroxylation is 2. The Balaban J connectivity index is 2.05. The highest BCUT2D eigenvalue weighted by Gasteiger charge is 2.33. The summed E-state index contributed by atoms with van der Waals surface area (Å²) in [6.07, 6.45) is 0. The maximum atomic E-state index is 14.0. The van der Waals surface area contributed by atoms with Crippen LogP contribution in [0.15, 0.2) is 71.6 Å². The summed E-state index contributed by atoms with van der Waals surface area (Å²) >= 11 is 12.3. The average Bonchev–Trinajstić information content (AvgIpc) is 2.89. The number of benzene rings is 3. The topological polar surface area (TPSA) is 86.8 Å². The number of hydrogen-bond acceptors (Lipinski definition) is 4. The zero-order valence-electron chi connectivity index (χ0n) is 23.3. The third-order valence-corrected chi connectivity index (χ3v) is 8.65. The maximum Gasteiger partial charge on any atom is 0.264 e. The summed E-state index contributed by atoms with van der Waals surface area (Å²) < 4.78 is 29.0. The number of anilines is 1. The molecule has 2 amide bonds. The molecule has 1 atom stereocenters. The Morgan fingerprint density at radius 1 is 0.900 bits per heavy atom. The van der Waals surface area contributed by atoms with Crippen LogP contribution in [0.25, 0.3) is 0 Å². The number of halogens is 2. The molecule has 3 aromatic carbocycles. The van der Waals surface area contributed by atoms with Gasteiger partial charge in [0.05, 0.1) is 10.6 Å². The van der Waals surface area contributed by atoms with Crippen molar-refractivity contribution in [1.82, 2.24) is 10.2 Å². The molecule has 0 aliphatic heterocycles. The zero-order chi connectivity index (χ0) is 29.6. The molecule has 0 spiro atoms. The molecule has 0 fully saturated rings. The predicted molar refractivity (Wildman–Crippen MR) is 161 cm³/mol. The zero-order valence-corrected chi connectivity index (χ0v) is 25.6. The number of amides is 2. The van der Waals surface area contributed by atoms with Crippen LogP contribution in [0.2, 0.25) is 10.0 Å². The van der Waals surface area contributed by atoms with Crippen LogP contribution in [0.4, 0.5) is 5.69 Å². The van der Waals surface area contributed by atoms with Crippen molar-refractivity contribution in [3.8, 4) is 0 Å². The number of rotatable bonds is 11. The van der Waals surface area contributed by atoms with E-state index in [2.05, 4.69) is 5.32 Å². The summed E-state index contributed by atoms with van der Waals surface area (Å²) in [4.78, 5) is 28.5. The average molecular weight is 605 g/mol. The molecule has 0 unspecified atom stereocenters. The summed E-state index contributed by atoms with van der Waals surface area (Å²) in [7, 11) is -4.16. The van der Waals surface area contributed by atoms with E-state index in [1.807, 2.05) is 20.8 Å². The van der Waals surface area contributed by atoms with Crippen molar-refractivity contribution >= 4 is 50.7 Å². The van der Waals surface area contributed by atoms with E-state index in [0.717, 1.165) is 9.87 Å². The molecule has 0 saturated carbocycles. The number of carbonyl (C=O) groups is 2. The Kier molecular flexibility index (Phi) is 10.6. The quantitative estimate of drug-likeness (QED) is 0.291. The number of nitrogens with zero attached hydrogens (tertiary/aromatic N) is 2. The molecule has 3 aromatic rings. The smallest absolute Gasteiger partial charge is 0.264 e. The lowest BCUT2D eigenvalue weighted by atomic mass is 10.1. The molecule has 0 aromatic heterocycles. The molecule has 0 aliphatic carbocycles. The minimum absolute atomic E-state index is 0.0457. The van der Waals surface area contributed by atoms with Crippen LogP contribution in [0.5, 0.6) is 0 Å². The molecule has 0 radical (unpaired) electrons. The third-order valence-electron chi connectivity index (χ3n) is 6.41. The summed E-state index contributed by atoms with van der Waals surface area (Å²) in [5.74, 6) is -0.659. The molecule has 0 saturated heterocycles. The van der Waals surface area contributed by atoms with Gasteiger partial charge in [0, 0.05) is 23.1 Å². The lowest BCUT2D eigenvalue weighted by Gasteiger charge is -2.32. The van der Waals surface area contributed by atoms with Gasteiger partial charge in [0.15, 0.2) is 0 Å². The minimum atomic E-state index is -4.16. The Bertz CT molecular complexity index is 1460. The van der Waals surface area contributed by atoms with Crippen molar-refractivity contribution < 1.29 is 18.0 Å². The van der Waals surface area contributed by atoms with E-state index in [9.17, 15) is 18.0 Å². The van der Waals surface area contributed by atoms with Gasteiger partial charge in [0.25, 0.3) is 10.0 Å². The highest BCUT2D eigenvalue weighted by atomic mass is 35.5. The van der Waals surface area contributed by atoms with E-state index < -0.39 is 28.5 Å². The van der Waals surface area contributed by atoms with Gasteiger partial charge < -0.3 is 10.2 Å². The SMILES string of the molecule is Cc1ccc(S(=O)(=O)N(CC(=O)N(Cc2cccc(Cl)c2)[C@@H](C)C(=O)NCC(C)C)c2ccc(Cl)cc2C)cc1. The maximum absolute atomic E-state index is 14.0. The Morgan fingerprint density at radius 2 is 1.55 bits per heavy atom. The van der Waals surface area contributed by atoms with Crippen molar-refractivity contribution in [2.24, 2.45) is 5.92 Å². The highest BCUT2D eigenvalue weighted by molar-refractivity contribution is 7.92. The number of nitrogens with one attached hydrogen (secondary N) is 1. The number of carbonyl (C=O) groups excluding carboxylic acids is 2. The lowest BCUT2D eigenvalue weighted by molar-refractivity contribution is -0.139. The van der Waals surface area contributed by atoms with Crippen molar-refractivity contribution in [1.29, 1.82) is 0 Å². The van der Waals surface area contributed by atoms with E-state index in [1.54, 1.807) is 68.4 Å². The monoisotopic (exact) mass is 603 g/mol. The van der Waals surface area contributed by atoms with Crippen molar-refractivity contribution in [2.45, 2.75) is 52.1 Å². The molecule has 214 valence electrons. The third kappa shape index (κ3) is 7.99. The standard InChI is InChI=1S/C30H35Cl2N3O4S/c1-20(2)17-33-30(37)23(5)34(18-24-7-6-8-25(31)16-24)29(36)19-35(28-14-11-26(32)15-22(28)4)40(38,39)27-12-9-21(3)10-13-27/h6-16,20,23H,17-19H2,1-5H3,(H,33,37)/t23-/m0/s1. The van der Waals surface area contributed by atoms with Gasteiger partial charge in [-0.15, -0.1) is 0 Å². The number of sulfonamides is 1. The van der Waals surface area contributed by atoms with Crippen LogP contribution < -0.4 is 9.62 Å². The Hall–Kier alpha value is -3.07. The highest BCUT2D eigenvalue weighted by Crippen LogP contribution is 2.29. The predicted octanol–water partition coefficient (Wildman–Crippen LogP) is 6.00. The van der Waals surface area contributed by atoms with Crippen molar-refractivity contribution in [2.75, 3.05) is 17.4 Å². The second-order valence-electron chi connectivity index (χ2n) is 10.2. The van der Waals surface area contributed by atoms with Crippen molar-refractivity contribution in [3.63, 3.8) is 0 Å². The van der Waals surface area contributed by atoms with Crippen LogP contribution in [0.3, 0.4) is 0 Å². The number of hydrogen-bond donors (Lipinski definition) is 1. The van der Waals surface area contributed by atoms with Gasteiger partial charge in [-0.2, -0.15) is 0 Å². The van der Waals surface area contributed by atoms with Gasteiger partial charge in [-0.3, -0.25) is 13.9 Å². The first kappa shape index (κ1) is 31.5. The molecular weight excluding hydrogens is 569 g/mol. The normalized spacial score (nSPS) is 12.2. The Morgan fingerprint density at radius 3 is 2.15 bits per heavy atom. The molecule has 0 aliphatic rings. The first-order chi connectivity index (χ1) is 18.8. The van der Waals surface area contributed by atoms with E-state index in [0.29, 0.717) is 33.4 Å². The fourth-order valence-corrected chi connectivity index (χ4v) is 6.03. The van der Waals surface area contributed by atoms with Crippen LogP contribution in [0, 0.1) is 19.8 Å².